The van der Waals surface area contributed by atoms with Crippen LogP contribution in [0.4, 0.5) is 0 Å². The van der Waals surface area contributed by atoms with E-state index in [0.29, 0.717) is 12.6 Å². The topological polar surface area (TPSA) is 45.1 Å². The third-order valence-electron chi connectivity index (χ3n) is 3.84. The van der Waals surface area contributed by atoms with Crippen molar-refractivity contribution in [3.63, 3.8) is 0 Å². The smallest absolute Gasteiger partial charge is 0.109 e. The van der Waals surface area contributed by atoms with E-state index >= 15 is 0 Å². The van der Waals surface area contributed by atoms with Crippen LogP contribution in [0.3, 0.4) is 0 Å². The highest BCUT2D eigenvalue weighted by molar-refractivity contribution is 7.09. The van der Waals surface area contributed by atoms with Crippen LogP contribution in [0.5, 0.6) is 0 Å². The van der Waals surface area contributed by atoms with Gasteiger partial charge in [0.15, 0.2) is 0 Å². The molecule has 0 aromatic carbocycles. The predicted molar refractivity (Wildman–Crippen MR) is 75.7 cm³/mol. The molecule has 0 spiro atoms. The van der Waals surface area contributed by atoms with E-state index in [1.165, 1.54) is 25.7 Å². The number of aliphatic hydroxyl groups excluding tert-OH is 1. The molecule has 102 valence electrons. The van der Waals surface area contributed by atoms with Crippen LogP contribution in [0.15, 0.2) is 11.6 Å². The number of hydrogen-bond donors (Lipinski definition) is 2. The van der Waals surface area contributed by atoms with Gasteiger partial charge in [-0.15, -0.1) is 11.3 Å². The van der Waals surface area contributed by atoms with Gasteiger partial charge in [-0.05, 0) is 18.8 Å². The van der Waals surface area contributed by atoms with Crippen molar-refractivity contribution in [3.05, 3.63) is 16.6 Å². The number of rotatable bonds is 7. The first-order valence-electron chi connectivity index (χ1n) is 7.10. The van der Waals surface area contributed by atoms with Gasteiger partial charge in [-0.25, -0.2) is 4.98 Å². The Morgan fingerprint density at radius 1 is 1.50 bits per heavy atom. The summed E-state index contributed by atoms with van der Waals surface area (Å²) < 4.78 is 0. The summed E-state index contributed by atoms with van der Waals surface area (Å²) in [6.07, 6.45) is 8.93. The van der Waals surface area contributed by atoms with Crippen molar-refractivity contribution in [3.8, 4) is 0 Å². The van der Waals surface area contributed by atoms with Gasteiger partial charge in [0, 0.05) is 18.1 Å². The molecule has 18 heavy (non-hydrogen) atoms. The van der Waals surface area contributed by atoms with Crippen LogP contribution in [-0.4, -0.2) is 22.7 Å². The Hall–Kier alpha value is -0.450. The molecule has 1 heterocycles. The molecule has 0 amide bonds. The summed E-state index contributed by atoms with van der Waals surface area (Å²) in [5, 5.41) is 16.7. The summed E-state index contributed by atoms with van der Waals surface area (Å²) >= 11 is 1.68. The normalized spacial score (nSPS) is 20.1. The molecule has 4 heteroatoms. The summed E-state index contributed by atoms with van der Waals surface area (Å²) in [6.45, 7) is 2.84. The first-order chi connectivity index (χ1) is 8.79. The molecule has 0 aliphatic heterocycles. The van der Waals surface area contributed by atoms with E-state index in [4.69, 9.17) is 0 Å². The molecule has 1 aliphatic carbocycles. The SMILES string of the molecule is CCC(NCC(O)CC1CCCC1)c1nccs1. The van der Waals surface area contributed by atoms with Crippen molar-refractivity contribution in [2.24, 2.45) is 5.92 Å². The predicted octanol–water partition coefficient (Wildman–Crippen LogP) is 3.13. The van der Waals surface area contributed by atoms with Crippen LogP contribution in [0.1, 0.15) is 56.5 Å². The fraction of sp³-hybridized carbons (Fsp3) is 0.786. The standard InChI is InChI=1S/C14H24N2OS/c1-2-13(14-15-7-8-18-14)16-10-12(17)9-11-5-3-4-6-11/h7-8,11-13,16-17H,2-6,9-10H2,1H3. The molecule has 2 rings (SSSR count). The van der Waals surface area contributed by atoms with Gasteiger partial charge in [0.25, 0.3) is 0 Å². The highest BCUT2D eigenvalue weighted by Gasteiger charge is 2.20. The van der Waals surface area contributed by atoms with Crippen molar-refractivity contribution in [2.75, 3.05) is 6.54 Å². The number of nitrogens with one attached hydrogen (secondary N) is 1. The first kappa shape index (κ1) is 14.0. The van der Waals surface area contributed by atoms with Crippen molar-refractivity contribution in [1.29, 1.82) is 0 Å². The van der Waals surface area contributed by atoms with Crippen LogP contribution in [0.2, 0.25) is 0 Å². The Morgan fingerprint density at radius 2 is 2.28 bits per heavy atom. The lowest BCUT2D eigenvalue weighted by Crippen LogP contribution is -2.31. The molecule has 2 N–H and O–H groups in total. The lowest BCUT2D eigenvalue weighted by molar-refractivity contribution is 0.136. The van der Waals surface area contributed by atoms with E-state index in [1.54, 1.807) is 11.3 Å². The average Bonchev–Trinajstić information content (AvgIpc) is 3.02. The van der Waals surface area contributed by atoms with E-state index < -0.39 is 0 Å². The molecular formula is C14H24N2OS. The monoisotopic (exact) mass is 268 g/mol. The third-order valence-corrected chi connectivity index (χ3v) is 4.73. The quantitative estimate of drug-likeness (QED) is 0.798. The summed E-state index contributed by atoms with van der Waals surface area (Å²) in [4.78, 5) is 4.34. The lowest BCUT2D eigenvalue weighted by atomic mass is 10.00. The van der Waals surface area contributed by atoms with Gasteiger partial charge in [-0.1, -0.05) is 32.6 Å². The van der Waals surface area contributed by atoms with E-state index in [0.717, 1.165) is 23.8 Å². The number of aromatic nitrogens is 1. The van der Waals surface area contributed by atoms with Crippen LogP contribution < -0.4 is 5.32 Å². The Morgan fingerprint density at radius 3 is 2.89 bits per heavy atom. The molecule has 2 unspecified atom stereocenters. The highest BCUT2D eigenvalue weighted by Crippen LogP contribution is 2.28. The number of nitrogens with zero attached hydrogens (tertiary/aromatic N) is 1. The molecule has 0 saturated heterocycles. The van der Waals surface area contributed by atoms with Gasteiger partial charge >= 0.3 is 0 Å². The Balaban J connectivity index is 1.72. The van der Waals surface area contributed by atoms with Crippen molar-refractivity contribution in [1.82, 2.24) is 10.3 Å². The molecule has 1 saturated carbocycles. The maximum absolute atomic E-state index is 10.1. The average molecular weight is 268 g/mol. The largest absolute Gasteiger partial charge is 0.392 e. The number of thiazole rings is 1. The molecule has 1 aliphatic rings. The number of hydrogen-bond acceptors (Lipinski definition) is 4. The molecular weight excluding hydrogens is 244 g/mol. The minimum Gasteiger partial charge on any atom is -0.392 e. The lowest BCUT2D eigenvalue weighted by Gasteiger charge is -2.19. The summed E-state index contributed by atoms with van der Waals surface area (Å²) in [5.74, 6) is 0.752. The highest BCUT2D eigenvalue weighted by atomic mass is 32.1. The summed E-state index contributed by atoms with van der Waals surface area (Å²) in [6, 6.07) is 0.295. The third kappa shape index (κ3) is 4.04. The van der Waals surface area contributed by atoms with Crippen LogP contribution >= 0.6 is 11.3 Å². The Labute approximate surface area is 114 Å². The van der Waals surface area contributed by atoms with Gasteiger partial charge in [0.1, 0.15) is 5.01 Å². The van der Waals surface area contributed by atoms with Gasteiger partial charge in [-0.3, -0.25) is 0 Å². The summed E-state index contributed by atoms with van der Waals surface area (Å²) in [5.41, 5.74) is 0. The van der Waals surface area contributed by atoms with Crippen molar-refractivity contribution < 1.29 is 5.11 Å². The molecule has 2 atom stereocenters. The molecule has 1 aromatic rings. The zero-order valence-corrected chi connectivity index (χ0v) is 12.0. The minimum atomic E-state index is -0.206. The van der Waals surface area contributed by atoms with Crippen molar-refractivity contribution >= 4 is 11.3 Å². The van der Waals surface area contributed by atoms with Crippen molar-refractivity contribution in [2.45, 2.75) is 57.6 Å². The van der Waals surface area contributed by atoms with Gasteiger partial charge in [0.05, 0.1) is 12.1 Å². The van der Waals surface area contributed by atoms with E-state index in [1.807, 2.05) is 11.6 Å². The Kier molecular flexibility index (Phi) is 5.60. The second kappa shape index (κ2) is 7.22. The van der Waals surface area contributed by atoms with Gasteiger partial charge in [-0.2, -0.15) is 0 Å². The molecule has 0 radical (unpaired) electrons. The van der Waals surface area contributed by atoms with Crippen LogP contribution in [-0.2, 0) is 0 Å². The maximum atomic E-state index is 10.1. The molecule has 0 bridgehead atoms. The minimum absolute atomic E-state index is 0.206. The van der Waals surface area contributed by atoms with E-state index in [-0.39, 0.29) is 6.10 Å². The fourth-order valence-corrected chi connectivity index (χ4v) is 3.60. The van der Waals surface area contributed by atoms with Crippen LogP contribution in [0.25, 0.3) is 0 Å². The molecule has 1 aromatic heterocycles. The van der Waals surface area contributed by atoms with Crippen LogP contribution in [0, 0.1) is 5.92 Å². The summed E-state index contributed by atoms with van der Waals surface area (Å²) in [7, 11) is 0. The molecule has 3 nitrogen and oxygen atoms in total. The Bertz CT molecular complexity index is 323. The van der Waals surface area contributed by atoms with E-state index in [2.05, 4.69) is 17.2 Å². The zero-order chi connectivity index (χ0) is 12.8. The van der Waals surface area contributed by atoms with E-state index in [9.17, 15) is 5.11 Å². The number of aliphatic hydroxyl groups is 1. The van der Waals surface area contributed by atoms with Gasteiger partial charge < -0.3 is 10.4 Å². The first-order valence-corrected chi connectivity index (χ1v) is 7.98. The maximum Gasteiger partial charge on any atom is 0.109 e. The van der Waals surface area contributed by atoms with Gasteiger partial charge in [0.2, 0.25) is 0 Å². The second-order valence-corrected chi connectivity index (χ2v) is 6.21. The second-order valence-electron chi connectivity index (χ2n) is 5.28. The molecule has 1 fully saturated rings. The zero-order valence-electron chi connectivity index (χ0n) is 11.1. The fourth-order valence-electron chi connectivity index (χ4n) is 2.81.